The third-order valence-electron chi connectivity index (χ3n) is 5.48. The number of anilines is 2. The van der Waals surface area contributed by atoms with Gasteiger partial charge in [-0.3, -0.25) is 19.3 Å². The van der Waals surface area contributed by atoms with Gasteiger partial charge in [0.15, 0.2) is 0 Å². The van der Waals surface area contributed by atoms with E-state index in [-0.39, 0.29) is 24.1 Å². The maximum atomic E-state index is 13.4. The van der Waals surface area contributed by atoms with E-state index in [2.05, 4.69) is 10.6 Å². The molecule has 0 spiro atoms. The van der Waals surface area contributed by atoms with Crippen LogP contribution >= 0.6 is 0 Å². The number of methoxy groups -OCH3 is 1. The molecule has 4 rings (SSSR count). The van der Waals surface area contributed by atoms with Gasteiger partial charge in [0, 0.05) is 18.3 Å². The average molecular weight is 456 g/mol. The van der Waals surface area contributed by atoms with Crippen LogP contribution in [0.15, 0.2) is 78.5 Å². The summed E-state index contributed by atoms with van der Waals surface area (Å²) in [5, 5.41) is 5.83. The summed E-state index contributed by atoms with van der Waals surface area (Å²) in [5.41, 5.74) is 4.33. The number of ether oxygens (including phenoxy) is 1. The zero-order valence-electron chi connectivity index (χ0n) is 19.2. The Kier molecular flexibility index (Phi) is 6.45. The van der Waals surface area contributed by atoms with Crippen molar-refractivity contribution in [2.24, 2.45) is 0 Å². The third kappa shape index (κ3) is 4.83. The first-order valence-corrected chi connectivity index (χ1v) is 10.8. The van der Waals surface area contributed by atoms with E-state index >= 15 is 0 Å². The van der Waals surface area contributed by atoms with E-state index in [0.717, 1.165) is 11.1 Å². The molecule has 7 heteroatoms. The van der Waals surface area contributed by atoms with Gasteiger partial charge in [-0.2, -0.15) is 0 Å². The van der Waals surface area contributed by atoms with Gasteiger partial charge in [-0.15, -0.1) is 0 Å². The molecule has 1 aliphatic heterocycles. The minimum atomic E-state index is -0.401. The average Bonchev–Trinajstić information content (AvgIpc) is 3.05. The van der Waals surface area contributed by atoms with Crippen molar-refractivity contribution in [2.45, 2.75) is 20.4 Å². The van der Waals surface area contributed by atoms with Crippen LogP contribution in [0.3, 0.4) is 0 Å². The van der Waals surface area contributed by atoms with Crippen LogP contribution in [0.1, 0.15) is 23.6 Å². The number of amides is 3. The molecule has 0 saturated heterocycles. The van der Waals surface area contributed by atoms with E-state index in [4.69, 9.17) is 4.74 Å². The van der Waals surface area contributed by atoms with Crippen LogP contribution < -0.4 is 15.4 Å². The second-order valence-corrected chi connectivity index (χ2v) is 8.04. The van der Waals surface area contributed by atoms with E-state index in [1.165, 1.54) is 11.8 Å². The number of aryl methyl sites for hydroxylation is 1. The molecule has 34 heavy (non-hydrogen) atoms. The summed E-state index contributed by atoms with van der Waals surface area (Å²) in [5.74, 6) is -0.287. The molecule has 0 aliphatic carbocycles. The predicted molar refractivity (Wildman–Crippen MR) is 131 cm³/mol. The van der Waals surface area contributed by atoms with Crippen molar-refractivity contribution in [1.82, 2.24) is 4.90 Å². The molecule has 0 aromatic heterocycles. The van der Waals surface area contributed by atoms with Crippen LogP contribution in [0, 0.1) is 6.92 Å². The lowest BCUT2D eigenvalue weighted by Crippen LogP contribution is -2.32. The molecule has 3 aromatic rings. The maximum Gasteiger partial charge on any atom is 0.278 e. The van der Waals surface area contributed by atoms with Crippen molar-refractivity contribution >= 4 is 34.7 Å². The Morgan fingerprint density at radius 2 is 1.47 bits per heavy atom. The lowest BCUT2D eigenvalue weighted by atomic mass is 10.0. The van der Waals surface area contributed by atoms with Gasteiger partial charge >= 0.3 is 0 Å². The van der Waals surface area contributed by atoms with Crippen molar-refractivity contribution in [3.63, 3.8) is 0 Å². The monoisotopic (exact) mass is 455 g/mol. The summed E-state index contributed by atoms with van der Waals surface area (Å²) in [4.78, 5) is 39.4. The summed E-state index contributed by atoms with van der Waals surface area (Å²) in [7, 11) is 1.57. The molecule has 0 fully saturated rings. The smallest absolute Gasteiger partial charge is 0.278 e. The van der Waals surface area contributed by atoms with Crippen LogP contribution in [0.5, 0.6) is 5.75 Å². The largest absolute Gasteiger partial charge is 0.497 e. The fraction of sp³-hybridized carbons (Fsp3) is 0.148. The number of hydrogen-bond acceptors (Lipinski definition) is 5. The van der Waals surface area contributed by atoms with Crippen LogP contribution in [0.4, 0.5) is 11.4 Å². The first-order valence-electron chi connectivity index (χ1n) is 10.8. The van der Waals surface area contributed by atoms with Gasteiger partial charge in [0.25, 0.3) is 11.8 Å². The molecule has 0 radical (unpaired) electrons. The number of carbonyl (C=O) groups excluding carboxylic acids is 3. The van der Waals surface area contributed by atoms with Crippen molar-refractivity contribution in [3.8, 4) is 5.75 Å². The maximum absolute atomic E-state index is 13.4. The topological polar surface area (TPSA) is 87.7 Å². The lowest BCUT2D eigenvalue weighted by molar-refractivity contribution is -0.137. The third-order valence-corrected chi connectivity index (χ3v) is 5.48. The zero-order valence-corrected chi connectivity index (χ0v) is 19.2. The standard InChI is InChI=1S/C27H25N3O4/c1-17-4-6-19(7-5-17)16-30-26(32)24(20-8-14-23(34-3)15-9-20)25(27(30)33)29-22-12-10-21(11-13-22)28-18(2)31/h4-15,29H,16H2,1-3H3,(H,28,31). The van der Waals surface area contributed by atoms with Crippen molar-refractivity contribution < 1.29 is 19.1 Å². The lowest BCUT2D eigenvalue weighted by Gasteiger charge is -2.15. The molecular weight excluding hydrogens is 430 g/mol. The molecule has 7 nitrogen and oxygen atoms in total. The first-order chi connectivity index (χ1) is 16.4. The number of imide groups is 1. The molecule has 0 atom stereocenters. The van der Waals surface area contributed by atoms with Crippen molar-refractivity contribution in [3.05, 3.63) is 95.2 Å². The molecule has 2 N–H and O–H groups in total. The van der Waals surface area contributed by atoms with Crippen LogP contribution in [0.25, 0.3) is 5.57 Å². The van der Waals surface area contributed by atoms with E-state index in [9.17, 15) is 14.4 Å². The minimum absolute atomic E-state index is 0.171. The second-order valence-electron chi connectivity index (χ2n) is 8.04. The van der Waals surface area contributed by atoms with Crippen molar-refractivity contribution in [2.75, 3.05) is 17.7 Å². The molecular formula is C27H25N3O4. The van der Waals surface area contributed by atoms with Gasteiger partial charge in [-0.1, -0.05) is 42.0 Å². The van der Waals surface area contributed by atoms with Crippen LogP contribution in [-0.2, 0) is 20.9 Å². The Morgan fingerprint density at radius 3 is 2.06 bits per heavy atom. The predicted octanol–water partition coefficient (Wildman–Crippen LogP) is 4.35. The molecule has 1 aliphatic rings. The van der Waals surface area contributed by atoms with Crippen LogP contribution in [0.2, 0.25) is 0 Å². The Bertz CT molecular complexity index is 1260. The van der Waals surface area contributed by atoms with Crippen molar-refractivity contribution in [1.29, 1.82) is 0 Å². The highest BCUT2D eigenvalue weighted by Crippen LogP contribution is 2.32. The number of nitrogens with zero attached hydrogens (tertiary/aromatic N) is 1. The highest BCUT2D eigenvalue weighted by atomic mass is 16.5. The van der Waals surface area contributed by atoms with Crippen LogP contribution in [-0.4, -0.2) is 29.7 Å². The zero-order chi connectivity index (χ0) is 24.2. The van der Waals surface area contributed by atoms with Gasteiger partial charge in [-0.05, 0) is 54.4 Å². The number of hydrogen-bond donors (Lipinski definition) is 2. The number of carbonyl (C=O) groups is 3. The number of rotatable bonds is 7. The summed E-state index contributed by atoms with van der Waals surface area (Å²) in [6, 6.07) is 21.7. The normalized spacial score (nSPS) is 13.3. The van der Waals surface area contributed by atoms with Gasteiger partial charge in [0.1, 0.15) is 11.4 Å². The quantitative estimate of drug-likeness (QED) is 0.517. The SMILES string of the molecule is COc1ccc(C2=C(Nc3ccc(NC(C)=O)cc3)C(=O)N(Cc3ccc(C)cc3)C2=O)cc1. The molecule has 0 unspecified atom stereocenters. The fourth-order valence-electron chi connectivity index (χ4n) is 3.72. The van der Waals surface area contributed by atoms with Gasteiger partial charge in [-0.25, -0.2) is 0 Å². The van der Waals surface area contributed by atoms with Gasteiger partial charge in [0.2, 0.25) is 5.91 Å². The van der Waals surface area contributed by atoms with E-state index < -0.39 is 5.91 Å². The van der Waals surface area contributed by atoms with Gasteiger partial charge in [0.05, 0.1) is 19.2 Å². The molecule has 0 bridgehead atoms. The summed E-state index contributed by atoms with van der Waals surface area (Å²) >= 11 is 0. The Hall–Kier alpha value is -4.39. The second kappa shape index (κ2) is 9.62. The fourth-order valence-corrected chi connectivity index (χ4v) is 3.72. The highest BCUT2D eigenvalue weighted by molar-refractivity contribution is 6.36. The van der Waals surface area contributed by atoms with E-state index in [1.807, 2.05) is 31.2 Å². The summed E-state index contributed by atoms with van der Waals surface area (Å²) in [6.07, 6.45) is 0. The summed E-state index contributed by atoms with van der Waals surface area (Å²) in [6.45, 7) is 3.59. The van der Waals surface area contributed by atoms with Gasteiger partial charge < -0.3 is 15.4 Å². The minimum Gasteiger partial charge on any atom is -0.497 e. The molecule has 1 heterocycles. The number of nitrogens with one attached hydrogen (secondary N) is 2. The highest BCUT2D eigenvalue weighted by Gasteiger charge is 2.39. The molecule has 0 saturated carbocycles. The Labute approximate surface area is 198 Å². The van der Waals surface area contributed by atoms with E-state index in [1.54, 1.807) is 55.6 Å². The molecule has 172 valence electrons. The molecule has 3 amide bonds. The Balaban J connectivity index is 1.68. The molecule has 3 aromatic carbocycles. The van der Waals surface area contributed by atoms with E-state index in [0.29, 0.717) is 28.3 Å². The number of benzene rings is 3. The Morgan fingerprint density at radius 1 is 0.853 bits per heavy atom. The first kappa shape index (κ1) is 22.8. The summed E-state index contributed by atoms with van der Waals surface area (Å²) < 4.78 is 5.23.